The highest BCUT2D eigenvalue weighted by atomic mass is 28.3. The number of halogens is 3. The van der Waals surface area contributed by atoms with Crippen LogP contribution in [-0.2, 0) is 10.1 Å². The van der Waals surface area contributed by atoms with Crippen molar-refractivity contribution in [3.63, 3.8) is 0 Å². The summed E-state index contributed by atoms with van der Waals surface area (Å²) in [7, 11) is 0.0666. The number of alkyl halides is 3. The van der Waals surface area contributed by atoms with Crippen LogP contribution in [-0.4, -0.2) is 22.3 Å². The summed E-state index contributed by atoms with van der Waals surface area (Å²) < 4.78 is 51.4. The molecule has 1 unspecified atom stereocenters. The largest absolute Gasteiger partial charge is 0.496 e. The molecule has 0 bridgehead atoms. The summed E-state index contributed by atoms with van der Waals surface area (Å²) in [5, 5.41) is 6.56. The smallest absolute Gasteiger partial charge is 0.442 e. The molecule has 4 nitrogen and oxygen atoms in total. The second-order valence-corrected chi connectivity index (χ2v) is 9.63. The zero-order valence-electron chi connectivity index (χ0n) is 14.7. The van der Waals surface area contributed by atoms with Gasteiger partial charge >= 0.3 is 11.8 Å². The van der Waals surface area contributed by atoms with Gasteiger partial charge < -0.3 is 9.16 Å². The van der Waals surface area contributed by atoms with Gasteiger partial charge in [-0.05, 0) is 30.6 Å². The first-order chi connectivity index (χ1) is 10.9. The van der Waals surface area contributed by atoms with E-state index in [1.54, 1.807) is 0 Å². The fourth-order valence-corrected chi connectivity index (χ4v) is 3.71. The van der Waals surface area contributed by atoms with E-state index in [0.717, 1.165) is 0 Å². The highest BCUT2D eigenvalue weighted by Crippen LogP contribution is 2.53. The number of hydrogen-bond acceptors (Lipinski definition) is 4. The van der Waals surface area contributed by atoms with Gasteiger partial charge in [-0.25, -0.2) is 0 Å². The molecule has 0 N–H and O–H groups in total. The summed E-state index contributed by atoms with van der Waals surface area (Å²) in [6, 6.07) is 4.37. The number of nitrogens with zero attached hydrogens (tertiary/aromatic N) is 2. The summed E-state index contributed by atoms with van der Waals surface area (Å²) >= 11 is 0. The molecule has 8 heteroatoms. The second-order valence-electron chi connectivity index (χ2n) is 7.26. The summed E-state index contributed by atoms with van der Waals surface area (Å²) in [4.78, 5) is 0. The third kappa shape index (κ3) is 3.49. The van der Waals surface area contributed by atoms with Crippen LogP contribution >= 0.6 is 0 Å². The van der Waals surface area contributed by atoms with Crippen LogP contribution < -0.4 is 4.74 Å². The molecule has 134 valence electrons. The van der Waals surface area contributed by atoms with E-state index in [2.05, 4.69) is 10.2 Å². The van der Waals surface area contributed by atoms with E-state index in [-0.39, 0.29) is 17.1 Å². The van der Waals surface area contributed by atoms with Crippen LogP contribution in [0.4, 0.5) is 13.2 Å². The maximum Gasteiger partial charge on any atom is 0.442 e. The van der Waals surface area contributed by atoms with Gasteiger partial charge in [0.05, 0.1) is 13.2 Å². The Hall–Kier alpha value is -1.41. The van der Waals surface area contributed by atoms with Crippen LogP contribution in [0.25, 0.3) is 0 Å². The standard InChI is InChI=1S/C16H23F3N2O2Si/c1-14(2,3)13(23-24(5)6)11-9-10(7-8-12(11)22-4)15(20-21-15)16(17,18)19/h7-9,13,24H,1-6H3. The number of rotatable bonds is 5. The molecule has 1 heterocycles. The first-order valence-corrected chi connectivity index (χ1v) is 10.5. The third-order valence-corrected chi connectivity index (χ3v) is 4.62. The molecule has 0 spiro atoms. The van der Waals surface area contributed by atoms with Crippen molar-refractivity contribution in [2.75, 3.05) is 7.11 Å². The Morgan fingerprint density at radius 1 is 1.12 bits per heavy atom. The zero-order valence-corrected chi connectivity index (χ0v) is 15.9. The first-order valence-electron chi connectivity index (χ1n) is 7.77. The third-order valence-electron chi connectivity index (χ3n) is 3.80. The minimum absolute atomic E-state index is 0.00549. The first kappa shape index (κ1) is 18.9. The Kier molecular flexibility index (Phi) is 4.84. The van der Waals surface area contributed by atoms with Gasteiger partial charge in [-0.3, -0.25) is 0 Å². The Morgan fingerprint density at radius 2 is 1.71 bits per heavy atom. The van der Waals surface area contributed by atoms with Gasteiger partial charge in [-0.2, -0.15) is 13.2 Å². The lowest BCUT2D eigenvalue weighted by Gasteiger charge is -2.34. The Labute approximate surface area is 141 Å². The molecule has 0 saturated heterocycles. The SMILES string of the molecule is COc1ccc(C2(C(F)(F)F)N=N2)cc1C(O[SiH](C)C)C(C)(C)C. The van der Waals surface area contributed by atoms with Crippen LogP contribution in [0.1, 0.15) is 38.0 Å². The van der Waals surface area contributed by atoms with E-state index in [4.69, 9.17) is 9.16 Å². The molecule has 1 atom stereocenters. The normalized spacial score (nSPS) is 17.9. The van der Waals surface area contributed by atoms with Crippen LogP contribution in [0.5, 0.6) is 5.75 Å². The van der Waals surface area contributed by atoms with Crippen LogP contribution in [0, 0.1) is 5.41 Å². The maximum absolute atomic E-state index is 13.3. The van der Waals surface area contributed by atoms with Crippen LogP contribution in [0.2, 0.25) is 13.1 Å². The van der Waals surface area contributed by atoms with Crippen molar-refractivity contribution in [2.45, 2.75) is 51.8 Å². The molecule has 0 aliphatic carbocycles. The zero-order chi connectivity index (χ0) is 18.3. The van der Waals surface area contributed by atoms with E-state index in [1.807, 2.05) is 33.9 Å². The van der Waals surface area contributed by atoms with Gasteiger partial charge in [-0.1, -0.05) is 26.8 Å². The molecule has 0 saturated carbocycles. The van der Waals surface area contributed by atoms with Gasteiger partial charge in [0.1, 0.15) is 5.75 Å². The quantitative estimate of drug-likeness (QED) is 0.696. The summed E-state index contributed by atoms with van der Waals surface area (Å²) in [5.41, 5.74) is -2.14. The molecule has 2 rings (SSSR count). The number of methoxy groups -OCH3 is 1. The minimum atomic E-state index is -4.55. The lowest BCUT2D eigenvalue weighted by atomic mass is 9.83. The minimum Gasteiger partial charge on any atom is -0.496 e. The molecule has 0 radical (unpaired) electrons. The van der Waals surface area contributed by atoms with E-state index >= 15 is 0 Å². The van der Waals surface area contributed by atoms with Crippen molar-refractivity contribution in [1.82, 2.24) is 0 Å². The molecule has 1 aliphatic rings. The van der Waals surface area contributed by atoms with Crippen LogP contribution in [0.3, 0.4) is 0 Å². The number of ether oxygens (including phenoxy) is 1. The topological polar surface area (TPSA) is 43.2 Å². The maximum atomic E-state index is 13.3. The Morgan fingerprint density at radius 3 is 2.08 bits per heavy atom. The molecule has 0 fully saturated rings. The molecule has 0 aromatic heterocycles. The van der Waals surface area contributed by atoms with E-state index in [1.165, 1.54) is 25.3 Å². The fraction of sp³-hybridized carbons (Fsp3) is 0.625. The Bertz CT molecular complexity index is 633. The van der Waals surface area contributed by atoms with Gasteiger partial charge in [0.25, 0.3) is 0 Å². The van der Waals surface area contributed by atoms with E-state index < -0.39 is 20.9 Å². The van der Waals surface area contributed by atoms with Crippen molar-refractivity contribution in [3.8, 4) is 5.75 Å². The number of hydrogen-bond donors (Lipinski definition) is 0. The summed E-state index contributed by atoms with van der Waals surface area (Å²) in [5.74, 6) is 0.506. The van der Waals surface area contributed by atoms with E-state index in [9.17, 15) is 13.2 Å². The van der Waals surface area contributed by atoms with Crippen molar-refractivity contribution in [3.05, 3.63) is 29.3 Å². The average Bonchev–Trinajstić information content (AvgIpc) is 3.24. The summed E-state index contributed by atoms with van der Waals surface area (Å²) in [6.45, 7) is 10.0. The predicted molar refractivity (Wildman–Crippen MR) is 87.7 cm³/mol. The van der Waals surface area contributed by atoms with Gasteiger partial charge in [0, 0.05) is 11.1 Å². The van der Waals surface area contributed by atoms with Crippen molar-refractivity contribution in [1.29, 1.82) is 0 Å². The van der Waals surface area contributed by atoms with Crippen LogP contribution in [0.15, 0.2) is 28.4 Å². The molecular weight excluding hydrogens is 337 g/mol. The highest BCUT2D eigenvalue weighted by molar-refractivity contribution is 6.48. The summed E-state index contributed by atoms with van der Waals surface area (Å²) in [6.07, 6.45) is -4.92. The molecule has 1 aromatic rings. The molecule has 1 aromatic carbocycles. The monoisotopic (exact) mass is 360 g/mol. The lowest BCUT2D eigenvalue weighted by Crippen LogP contribution is -2.31. The fourth-order valence-electron chi connectivity index (χ4n) is 2.61. The van der Waals surface area contributed by atoms with Crippen molar-refractivity contribution >= 4 is 9.04 Å². The van der Waals surface area contributed by atoms with Crippen molar-refractivity contribution < 1.29 is 22.3 Å². The highest BCUT2D eigenvalue weighted by Gasteiger charge is 2.65. The molecule has 0 amide bonds. The van der Waals surface area contributed by atoms with Gasteiger partial charge in [0.15, 0.2) is 9.04 Å². The number of benzene rings is 1. The average molecular weight is 360 g/mol. The predicted octanol–water partition coefficient (Wildman–Crippen LogP) is 4.96. The molecule has 1 aliphatic heterocycles. The van der Waals surface area contributed by atoms with Gasteiger partial charge in [0.2, 0.25) is 0 Å². The van der Waals surface area contributed by atoms with Gasteiger partial charge in [-0.15, -0.1) is 10.2 Å². The van der Waals surface area contributed by atoms with Crippen molar-refractivity contribution in [2.24, 2.45) is 15.6 Å². The molecule has 24 heavy (non-hydrogen) atoms. The molecular formula is C16H23F3N2O2Si. The van der Waals surface area contributed by atoms with E-state index in [0.29, 0.717) is 11.3 Å². The lowest BCUT2D eigenvalue weighted by molar-refractivity contribution is -0.166. The second kappa shape index (κ2) is 6.14. The Balaban J connectivity index is 2.53.